The van der Waals surface area contributed by atoms with Crippen LogP contribution < -0.4 is 16.6 Å². The lowest BCUT2D eigenvalue weighted by molar-refractivity contribution is -0.133. The lowest BCUT2D eigenvalue weighted by Crippen LogP contribution is -2.51. The third-order valence-electron chi connectivity index (χ3n) is 8.16. The van der Waals surface area contributed by atoms with Gasteiger partial charge in [-0.1, -0.05) is 25.1 Å². The summed E-state index contributed by atoms with van der Waals surface area (Å²) in [4.78, 5) is 59.9. The van der Waals surface area contributed by atoms with E-state index < -0.39 is 5.69 Å². The summed E-state index contributed by atoms with van der Waals surface area (Å²) in [6, 6.07) is 7.81. The first-order chi connectivity index (χ1) is 18.2. The van der Waals surface area contributed by atoms with Crippen molar-refractivity contribution < 1.29 is 9.59 Å². The molecule has 1 saturated heterocycles. The minimum atomic E-state index is -0.520. The predicted molar refractivity (Wildman–Crippen MR) is 147 cm³/mol. The van der Waals surface area contributed by atoms with Crippen LogP contribution in [0.15, 0.2) is 51.1 Å². The predicted octanol–water partition coefficient (Wildman–Crippen LogP) is 2.12. The quantitative estimate of drug-likeness (QED) is 0.669. The normalized spacial score (nSPS) is 22.0. The van der Waals surface area contributed by atoms with Crippen molar-refractivity contribution in [2.24, 2.45) is 18.0 Å². The summed E-state index contributed by atoms with van der Waals surface area (Å²) >= 11 is 0. The molecule has 5 rings (SSSR count). The second-order valence-electron chi connectivity index (χ2n) is 10.4. The molecule has 10 heteroatoms. The van der Waals surface area contributed by atoms with Crippen LogP contribution in [0.5, 0.6) is 0 Å². The number of carbonyl (C=O) groups excluding carboxylic acids is 2. The zero-order valence-corrected chi connectivity index (χ0v) is 22.1. The lowest BCUT2D eigenvalue weighted by atomic mass is 9.88. The van der Waals surface area contributed by atoms with Gasteiger partial charge < -0.3 is 15.1 Å². The number of dihydropyridines is 1. The fourth-order valence-corrected chi connectivity index (χ4v) is 5.58. The van der Waals surface area contributed by atoms with E-state index in [1.807, 2.05) is 43.0 Å². The summed E-state index contributed by atoms with van der Waals surface area (Å²) in [5.41, 5.74) is 2.31. The number of carbonyl (C=O) groups is 2. The maximum Gasteiger partial charge on any atom is 0.331 e. The number of hydrogen-bond acceptors (Lipinski definition) is 5. The lowest BCUT2D eigenvalue weighted by Gasteiger charge is -2.38. The molecule has 1 aromatic heterocycles. The largest absolute Gasteiger partial charge is 0.341 e. The fourth-order valence-electron chi connectivity index (χ4n) is 5.58. The van der Waals surface area contributed by atoms with Gasteiger partial charge in [-0.05, 0) is 49.5 Å². The van der Waals surface area contributed by atoms with Gasteiger partial charge in [0.25, 0.3) is 5.56 Å². The second-order valence-corrected chi connectivity index (χ2v) is 10.4. The third-order valence-corrected chi connectivity index (χ3v) is 8.16. The number of aliphatic imine (C=N–C) groups is 1. The van der Waals surface area contributed by atoms with Gasteiger partial charge in [-0.15, -0.1) is 0 Å². The third kappa shape index (κ3) is 4.82. The monoisotopic (exact) mass is 518 g/mol. The summed E-state index contributed by atoms with van der Waals surface area (Å²) in [5.74, 6) is -0.166. The Labute approximate surface area is 221 Å². The summed E-state index contributed by atoms with van der Waals surface area (Å²) in [6.07, 6.45) is 7.14. The first kappa shape index (κ1) is 25.7. The van der Waals surface area contributed by atoms with Crippen LogP contribution in [0.3, 0.4) is 0 Å². The van der Waals surface area contributed by atoms with Crippen LogP contribution in [-0.4, -0.2) is 68.8 Å². The number of urea groups is 1. The molecule has 3 aliphatic rings. The number of aromatic nitrogens is 2. The molecule has 3 aliphatic heterocycles. The highest BCUT2D eigenvalue weighted by Gasteiger charge is 2.31. The molecule has 0 spiro atoms. The Balaban J connectivity index is 1.26. The number of piperidine rings is 1. The maximum atomic E-state index is 13.2. The Kier molecular flexibility index (Phi) is 7.05. The average molecular weight is 519 g/mol. The molecule has 4 heterocycles. The van der Waals surface area contributed by atoms with Crippen LogP contribution >= 0.6 is 0 Å². The van der Waals surface area contributed by atoms with Crippen LogP contribution in [0.1, 0.15) is 37.8 Å². The fraction of sp³-hybridized carbons (Fsp3) is 0.464. The van der Waals surface area contributed by atoms with Crippen LogP contribution in [0.25, 0.3) is 5.57 Å². The Hall–Kier alpha value is -3.95. The van der Waals surface area contributed by atoms with E-state index in [1.165, 1.54) is 17.8 Å². The van der Waals surface area contributed by atoms with Crippen molar-refractivity contribution >= 4 is 29.4 Å². The molecule has 200 valence electrons. The molecule has 2 atom stereocenters. The topological polar surface area (TPSA) is 109 Å². The zero-order chi connectivity index (χ0) is 27.0. The molecule has 1 fully saturated rings. The molecule has 0 saturated carbocycles. The number of likely N-dealkylation sites (tertiary alicyclic amines) is 1. The van der Waals surface area contributed by atoms with Crippen LogP contribution in [0.4, 0.5) is 10.5 Å². The number of para-hydroxylation sites is 1. The van der Waals surface area contributed by atoms with Gasteiger partial charge in [-0.3, -0.25) is 23.7 Å². The van der Waals surface area contributed by atoms with Crippen molar-refractivity contribution in [3.8, 4) is 0 Å². The van der Waals surface area contributed by atoms with Crippen molar-refractivity contribution in [3.05, 3.63) is 68.5 Å². The minimum absolute atomic E-state index is 0.0114. The van der Waals surface area contributed by atoms with Gasteiger partial charge in [0.1, 0.15) is 6.54 Å². The smallest absolute Gasteiger partial charge is 0.331 e. The van der Waals surface area contributed by atoms with E-state index in [0.717, 1.165) is 27.8 Å². The number of hydrogen-bond donors (Lipinski definition) is 1. The van der Waals surface area contributed by atoms with Gasteiger partial charge in [0, 0.05) is 56.7 Å². The van der Waals surface area contributed by atoms with E-state index in [0.29, 0.717) is 38.0 Å². The molecule has 0 bridgehead atoms. The number of fused-ring (bicyclic) bond motifs is 1. The maximum absolute atomic E-state index is 13.2. The van der Waals surface area contributed by atoms with E-state index in [-0.39, 0.29) is 42.0 Å². The first-order valence-electron chi connectivity index (χ1n) is 13.2. The standard InChI is InChI=1S/C28H34N6O4/c1-18-19(2)29-12-8-22(18)23-16-33(28(38)31(3)26(23)36)17-25(35)32-13-10-21(11-14-32)34-15-9-20-6-4-5-7-24(20)30-27(34)37/h4-8,12,16,18-19,21H,9-11,13-15,17H2,1-3H3,(H,30,37). The SMILES string of the molecule is CC1N=CC=C(c2cn(CC(=O)N3CCC(N4CCc5ccccc5NC4=O)CC3)c(=O)n(C)c2=O)C1C. The average Bonchev–Trinajstić information content (AvgIpc) is 3.09. The van der Waals surface area contributed by atoms with E-state index in [2.05, 4.69) is 10.3 Å². The molecular formula is C28H34N6O4. The van der Waals surface area contributed by atoms with Crippen molar-refractivity contribution in [2.75, 3.05) is 25.0 Å². The number of nitrogens with one attached hydrogen (secondary N) is 1. The Morgan fingerprint density at radius 1 is 1.08 bits per heavy atom. The summed E-state index contributed by atoms with van der Waals surface area (Å²) in [7, 11) is 1.44. The molecule has 38 heavy (non-hydrogen) atoms. The van der Waals surface area contributed by atoms with E-state index in [9.17, 15) is 19.2 Å². The highest BCUT2D eigenvalue weighted by Crippen LogP contribution is 2.27. The Bertz CT molecular complexity index is 1430. The number of rotatable bonds is 4. The molecule has 2 aromatic rings. The minimum Gasteiger partial charge on any atom is -0.341 e. The van der Waals surface area contributed by atoms with E-state index >= 15 is 0 Å². The van der Waals surface area contributed by atoms with Gasteiger partial charge in [0.15, 0.2) is 0 Å². The highest BCUT2D eigenvalue weighted by molar-refractivity contribution is 5.91. The Morgan fingerprint density at radius 2 is 1.82 bits per heavy atom. The molecule has 3 amide bonds. The molecule has 2 unspecified atom stereocenters. The number of allylic oxidation sites excluding steroid dienone is 1. The van der Waals surface area contributed by atoms with Gasteiger partial charge in [-0.2, -0.15) is 0 Å². The molecular weight excluding hydrogens is 484 g/mol. The van der Waals surface area contributed by atoms with Gasteiger partial charge in [0.05, 0.1) is 11.6 Å². The van der Waals surface area contributed by atoms with Gasteiger partial charge in [0.2, 0.25) is 5.91 Å². The second kappa shape index (κ2) is 10.4. The van der Waals surface area contributed by atoms with Gasteiger partial charge in [-0.25, -0.2) is 9.59 Å². The summed E-state index contributed by atoms with van der Waals surface area (Å²) in [5, 5.41) is 3.02. The van der Waals surface area contributed by atoms with Crippen molar-refractivity contribution in [2.45, 2.75) is 51.7 Å². The van der Waals surface area contributed by atoms with Crippen LogP contribution in [0, 0.1) is 5.92 Å². The summed E-state index contributed by atoms with van der Waals surface area (Å²) < 4.78 is 2.39. The first-order valence-corrected chi connectivity index (χ1v) is 13.2. The van der Waals surface area contributed by atoms with Crippen LogP contribution in [-0.2, 0) is 24.8 Å². The summed E-state index contributed by atoms with van der Waals surface area (Å²) in [6.45, 7) is 5.48. The number of anilines is 1. The van der Waals surface area contributed by atoms with Crippen molar-refractivity contribution in [1.82, 2.24) is 18.9 Å². The highest BCUT2D eigenvalue weighted by atomic mass is 16.2. The molecule has 1 aromatic carbocycles. The van der Waals surface area contributed by atoms with E-state index in [4.69, 9.17) is 0 Å². The number of nitrogens with zero attached hydrogens (tertiary/aromatic N) is 5. The van der Waals surface area contributed by atoms with Gasteiger partial charge >= 0.3 is 11.7 Å². The molecule has 10 nitrogen and oxygen atoms in total. The van der Waals surface area contributed by atoms with Crippen molar-refractivity contribution in [1.29, 1.82) is 0 Å². The van der Waals surface area contributed by atoms with E-state index in [1.54, 1.807) is 17.2 Å². The molecule has 0 aliphatic carbocycles. The zero-order valence-electron chi connectivity index (χ0n) is 22.1. The molecule has 1 N–H and O–H groups in total. The van der Waals surface area contributed by atoms with Crippen molar-refractivity contribution in [3.63, 3.8) is 0 Å². The molecule has 0 radical (unpaired) electrons. The Morgan fingerprint density at radius 3 is 2.58 bits per heavy atom. The number of benzene rings is 1. The number of amides is 3. The van der Waals surface area contributed by atoms with Crippen LogP contribution in [0.2, 0.25) is 0 Å².